The summed E-state index contributed by atoms with van der Waals surface area (Å²) >= 11 is 0. The molecule has 34 heavy (non-hydrogen) atoms. The van der Waals surface area contributed by atoms with E-state index in [4.69, 9.17) is 9.47 Å². The fraction of sp³-hybridized carbons (Fsp3) is 0.800. The Kier molecular flexibility index (Phi) is 21.8. The number of unbranched alkanes of at least 4 members (excludes halogenated alkanes) is 11. The van der Waals surface area contributed by atoms with Crippen molar-refractivity contribution in [1.29, 1.82) is 0 Å². The third kappa shape index (κ3) is 20.8. The van der Waals surface area contributed by atoms with Gasteiger partial charge in [-0.15, -0.1) is 0 Å². The third-order valence-electron chi connectivity index (χ3n) is 5.97. The molecule has 0 aliphatic heterocycles. The topological polar surface area (TPSA) is 52.6 Å². The number of hydrogen-bond donors (Lipinski definition) is 0. The lowest BCUT2D eigenvalue weighted by Gasteiger charge is -2.19. The lowest BCUT2D eigenvalue weighted by atomic mass is 9.99. The average Bonchev–Trinajstić information content (AvgIpc) is 2.79. The lowest BCUT2D eigenvalue weighted by molar-refractivity contribution is -0.149. The number of carbonyl (C=O) groups is 2. The minimum Gasteiger partial charge on any atom is -0.466 e. The maximum atomic E-state index is 12.2. The molecule has 2 unspecified atom stereocenters. The van der Waals surface area contributed by atoms with Gasteiger partial charge in [0.1, 0.15) is 0 Å². The van der Waals surface area contributed by atoms with E-state index in [1.54, 1.807) is 0 Å². The van der Waals surface area contributed by atoms with Crippen molar-refractivity contribution in [2.24, 2.45) is 5.92 Å². The second kappa shape index (κ2) is 23.0. The summed E-state index contributed by atoms with van der Waals surface area (Å²) in [5.74, 6) is 5.58. The van der Waals surface area contributed by atoms with Gasteiger partial charge in [-0.25, -0.2) is 0 Å². The minimum absolute atomic E-state index is 0.168. The van der Waals surface area contributed by atoms with Gasteiger partial charge in [0.15, 0.2) is 6.10 Å². The Hall–Kier alpha value is -1.76. The quantitative estimate of drug-likeness (QED) is 0.0949. The zero-order valence-electron chi connectivity index (χ0n) is 22.7. The molecule has 0 bridgehead atoms. The summed E-state index contributed by atoms with van der Waals surface area (Å²) in [6, 6.07) is 0. The van der Waals surface area contributed by atoms with Gasteiger partial charge in [0.2, 0.25) is 0 Å². The van der Waals surface area contributed by atoms with Crippen molar-refractivity contribution >= 4 is 11.9 Å². The molecule has 0 saturated heterocycles. The Morgan fingerprint density at radius 3 is 1.82 bits per heavy atom. The molecule has 0 aliphatic rings. The highest BCUT2D eigenvalue weighted by atomic mass is 16.5. The predicted molar refractivity (Wildman–Crippen MR) is 142 cm³/mol. The monoisotopic (exact) mass is 476 g/mol. The highest BCUT2D eigenvalue weighted by Crippen LogP contribution is 2.15. The normalized spacial score (nSPS) is 12.4. The first kappa shape index (κ1) is 32.2. The fourth-order valence-electron chi connectivity index (χ4n) is 3.87. The van der Waals surface area contributed by atoms with Crippen LogP contribution in [0.4, 0.5) is 0 Å². The molecule has 0 amide bonds. The molecule has 2 atom stereocenters. The Balaban J connectivity index is 3.78. The van der Waals surface area contributed by atoms with Gasteiger partial charge >= 0.3 is 11.9 Å². The molecule has 0 spiro atoms. The van der Waals surface area contributed by atoms with E-state index in [0.29, 0.717) is 13.0 Å². The highest BCUT2D eigenvalue weighted by Gasteiger charge is 2.19. The van der Waals surface area contributed by atoms with E-state index in [-0.39, 0.29) is 30.7 Å². The molecule has 4 nitrogen and oxygen atoms in total. The maximum absolute atomic E-state index is 12.2. The van der Waals surface area contributed by atoms with Crippen LogP contribution in [0.25, 0.3) is 0 Å². The van der Waals surface area contributed by atoms with Crippen molar-refractivity contribution in [3.63, 3.8) is 0 Å². The second-order valence-electron chi connectivity index (χ2n) is 9.69. The van der Waals surface area contributed by atoms with Gasteiger partial charge < -0.3 is 9.47 Å². The number of rotatable bonds is 21. The first-order valence-corrected chi connectivity index (χ1v) is 13.9. The van der Waals surface area contributed by atoms with Gasteiger partial charge in [-0.05, 0) is 31.8 Å². The van der Waals surface area contributed by atoms with Gasteiger partial charge in [-0.1, -0.05) is 116 Å². The van der Waals surface area contributed by atoms with E-state index >= 15 is 0 Å². The summed E-state index contributed by atoms with van der Waals surface area (Å²) < 4.78 is 10.9. The van der Waals surface area contributed by atoms with E-state index in [1.807, 2.05) is 13.8 Å². The second-order valence-corrected chi connectivity index (χ2v) is 9.69. The summed E-state index contributed by atoms with van der Waals surface area (Å²) in [6.07, 6.45) is 17.8. The molecule has 0 N–H and O–H groups in total. The molecule has 0 rings (SSSR count). The third-order valence-corrected chi connectivity index (χ3v) is 5.97. The molecular formula is C30H52O4. The van der Waals surface area contributed by atoms with Crippen LogP contribution in [-0.2, 0) is 19.1 Å². The number of hydrogen-bond acceptors (Lipinski definition) is 4. The van der Waals surface area contributed by atoms with E-state index in [1.165, 1.54) is 64.2 Å². The molecular weight excluding hydrogens is 424 g/mol. The van der Waals surface area contributed by atoms with Crippen LogP contribution in [0.15, 0.2) is 12.2 Å². The SMILES string of the molecule is C=C(C)C#CC(OC(=O)CCCC(=O)OCCCCCCCCCCCCCC)C(C)CCC. The molecule has 0 saturated carbocycles. The molecule has 0 aromatic heterocycles. The summed E-state index contributed by atoms with van der Waals surface area (Å²) in [6.45, 7) is 12.5. The number of ether oxygens (including phenoxy) is 2. The van der Waals surface area contributed by atoms with Crippen molar-refractivity contribution in [1.82, 2.24) is 0 Å². The molecule has 196 valence electrons. The van der Waals surface area contributed by atoms with Crippen LogP contribution in [0.5, 0.6) is 0 Å². The van der Waals surface area contributed by atoms with Crippen molar-refractivity contribution < 1.29 is 19.1 Å². The standard InChI is InChI=1S/C30H52O4/c1-6-8-9-10-11-12-13-14-15-16-17-18-25-33-29(31)21-19-22-30(32)34-28(24-23-26(3)4)27(5)20-7-2/h27-28H,3,6-22,25H2,1-2,4-5H3. The largest absolute Gasteiger partial charge is 0.466 e. The van der Waals surface area contributed by atoms with Crippen LogP contribution in [0, 0.1) is 17.8 Å². The smallest absolute Gasteiger partial charge is 0.307 e. The maximum Gasteiger partial charge on any atom is 0.307 e. The predicted octanol–water partition coefficient (Wildman–Crippen LogP) is 8.33. The Bertz CT molecular complexity index is 599. The van der Waals surface area contributed by atoms with Crippen molar-refractivity contribution in [3.05, 3.63) is 12.2 Å². The highest BCUT2D eigenvalue weighted by molar-refractivity contribution is 5.72. The first-order valence-electron chi connectivity index (χ1n) is 13.9. The van der Waals surface area contributed by atoms with Gasteiger partial charge in [-0.2, -0.15) is 0 Å². The Morgan fingerprint density at radius 1 is 0.765 bits per heavy atom. The zero-order chi connectivity index (χ0) is 25.4. The minimum atomic E-state index is -0.429. The Labute approximate surface area is 210 Å². The van der Waals surface area contributed by atoms with E-state index in [0.717, 1.165) is 31.3 Å². The van der Waals surface area contributed by atoms with Gasteiger partial charge in [0.25, 0.3) is 0 Å². The van der Waals surface area contributed by atoms with Crippen LogP contribution in [-0.4, -0.2) is 24.6 Å². The number of carbonyl (C=O) groups excluding carboxylic acids is 2. The molecule has 4 heteroatoms. The van der Waals surface area contributed by atoms with E-state index in [2.05, 4.69) is 32.3 Å². The van der Waals surface area contributed by atoms with Gasteiger partial charge in [0.05, 0.1) is 6.61 Å². The molecule has 0 aliphatic carbocycles. The summed E-state index contributed by atoms with van der Waals surface area (Å²) in [4.78, 5) is 24.1. The van der Waals surface area contributed by atoms with Gasteiger partial charge in [0, 0.05) is 18.8 Å². The Morgan fingerprint density at radius 2 is 1.29 bits per heavy atom. The van der Waals surface area contributed by atoms with E-state index < -0.39 is 6.10 Å². The summed E-state index contributed by atoms with van der Waals surface area (Å²) in [5, 5.41) is 0. The average molecular weight is 477 g/mol. The van der Waals surface area contributed by atoms with Crippen molar-refractivity contribution in [2.75, 3.05) is 6.61 Å². The lowest BCUT2D eigenvalue weighted by Crippen LogP contribution is -2.24. The van der Waals surface area contributed by atoms with Gasteiger partial charge in [-0.3, -0.25) is 9.59 Å². The van der Waals surface area contributed by atoms with Crippen LogP contribution >= 0.6 is 0 Å². The molecule has 0 fully saturated rings. The zero-order valence-corrected chi connectivity index (χ0v) is 22.7. The van der Waals surface area contributed by atoms with Crippen LogP contribution in [0.2, 0.25) is 0 Å². The number of esters is 2. The first-order chi connectivity index (χ1) is 16.4. The fourth-order valence-corrected chi connectivity index (χ4v) is 3.87. The molecule has 0 radical (unpaired) electrons. The molecule has 0 aromatic rings. The van der Waals surface area contributed by atoms with Crippen LogP contribution in [0.1, 0.15) is 137 Å². The van der Waals surface area contributed by atoms with Crippen LogP contribution < -0.4 is 0 Å². The summed E-state index contributed by atoms with van der Waals surface area (Å²) in [5.41, 5.74) is 0.751. The molecule has 0 aromatic carbocycles. The molecule has 0 heterocycles. The van der Waals surface area contributed by atoms with E-state index in [9.17, 15) is 9.59 Å². The van der Waals surface area contributed by atoms with Crippen LogP contribution in [0.3, 0.4) is 0 Å². The number of allylic oxidation sites excluding steroid dienone is 1. The summed E-state index contributed by atoms with van der Waals surface area (Å²) in [7, 11) is 0. The van der Waals surface area contributed by atoms with Crippen molar-refractivity contribution in [3.8, 4) is 11.8 Å². The van der Waals surface area contributed by atoms with Crippen molar-refractivity contribution in [2.45, 2.75) is 143 Å².